The molecule has 1 aliphatic rings. The lowest BCUT2D eigenvalue weighted by molar-refractivity contribution is -0.157. The van der Waals surface area contributed by atoms with Gasteiger partial charge in [-0.3, -0.25) is 0 Å². The van der Waals surface area contributed by atoms with E-state index in [0.717, 1.165) is 23.1 Å². The van der Waals surface area contributed by atoms with Crippen LogP contribution in [0, 0.1) is 17.8 Å². The molecule has 7 nitrogen and oxygen atoms in total. The molecule has 1 aliphatic carbocycles. The number of carbonyl (C=O) groups is 1. The summed E-state index contributed by atoms with van der Waals surface area (Å²) in [6.07, 6.45) is 11.2. The van der Waals surface area contributed by atoms with E-state index in [1.807, 2.05) is 65.8 Å². The average Bonchev–Trinajstić information content (AvgIpc) is 2.89. The van der Waals surface area contributed by atoms with Crippen LogP contribution in [0.5, 0.6) is 11.5 Å². The van der Waals surface area contributed by atoms with Crippen molar-refractivity contribution in [1.82, 2.24) is 0 Å². The van der Waals surface area contributed by atoms with Gasteiger partial charge in [-0.25, -0.2) is 4.79 Å². The van der Waals surface area contributed by atoms with Crippen molar-refractivity contribution >= 4 is 5.97 Å². The lowest BCUT2D eigenvalue weighted by Gasteiger charge is -2.30. The van der Waals surface area contributed by atoms with E-state index in [-0.39, 0.29) is 43.4 Å². The molecule has 1 aromatic rings. The lowest BCUT2D eigenvalue weighted by Crippen LogP contribution is -2.27. The Morgan fingerprint density at radius 2 is 1.66 bits per heavy atom. The number of benzene rings is 1. The van der Waals surface area contributed by atoms with Gasteiger partial charge in [0.1, 0.15) is 24.8 Å². The highest BCUT2D eigenvalue weighted by Crippen LogP contribution is 2.43. The van der Waals surface area contributed by atoms with Crippen molar-refractivity contribution in [1.29, 1.82) is 0 Å². The number of hydrogen-bond acceptors (Lipinski definition) is 7. The highest BCUT2D eigenvalue weighted by atomic mass is 16.7. The van der Waals surface area contributed by atoms with Gasteiger partial charge in [0.05, 0.1) is 12.2 Å². The Balaban J connectivity index is 2.37. The Bertz CT molecular complexity index is 1190. The van der Waals surface area contributed by atoms with Gasteiger partial charge in [-0.1, -0.05) is 71.1 Å². The molecule has 1 aromatic carbocycles. The molecule has 1 N–H and O–H groups in total. The summed E-state index contributed by atoms with van der Waals surface area (Å²) in [4.78, 5) is 12.5. The minimum atomic E-state index is -0.623. The van der Waals surface area contributed by atoms with Crippen molar-refractivity contribution in [2.75, 3.05) is 26.6 Å². The summed E-state index contributed by atoms with van der Waals surface area (Å²) in [6, 6.07) is 5.75. The average molecular weight is 613 g/mol. The molecule has 0 saturated carbocycles. The number of aliphatic hydroxyl groups is 1. The van der Waals surface area contributed by atoms with Crippen LogP contribution in [-0.2, 0) is 19.0 Å². The zero-order valence-electron chi connectivity index (χ0n) is 28.9. The fourth-order valence-electron chi connectivity index (χ4n) is 4.87. The van der Waals surface area contributed by atoms with E-state index in [2.05, 4.69) is 58.9 Å². The largest absolute Gasteiger partial charge is 0.511 e. The molecule has 0 saturated heterocycles. The van der Waals surface area contributed by atoms with E-state index in [0.29, 0.717) is 29.8 Å². The second-order valence-corrected chi connectivity index (χ2v) is 13.9. The van der Waals surface area contributed by atoms with E-state index < -0.39 is 11.6 Å². The van der Waals surface area contributed by atoms with Crippen LogP contribution >= 0.6 is 0 Å². The monoisotopic (exact) mass is 612 g/mol. The first kappa shape index (κ1) is 37.2. The first-order chi connectivity index (χ1) is 20.5. The number of esters is 1. The molecule has 2 rings (SSSR count). The number of rotatable bonds is 15. The van der Waals surface area contributed by atoms with Gasteiger partial charge in [-0.2, -0.15) is 0 Å². The van der Waals surface area contributed by atoms with E-state index >= 15 is 0 Å². The smallest absolute Gasteiger partial charge is 0.344 e. The van der Waals surface area contributed by atoms with E-state index in [1.54, 1.807) is 0 Å². The summed E-state index contributed by atoms with van der Waals surface area (Å²) >= 11 is 0. The van der Waals surface area contributed by atoms with Crippen LogP contribution in [0.4, 0.5) is 0 Å². The fraction of sp³-hybridized carbons (Fsp3) is 0.595. The van der Waals surface area contributed by atoms with Crippen molar-refractivity contribution in [3.8, 4) is 11.5 Å². The number of carbonyl (C=O) groups excluding carboxylic acids is 1. The standard InChI is InChI=1S/C37H56O7/c1-12-29-27(15-13-14-25(2)3)16-18-30(35(29)39)34(26(4)5)28-17-19-31(41-21-20-40-24-43-36(6,7)8)32(22-28)42-23-33(38)44-37(9,10)11/h13-19,22,25-26,29,34,39H,12,20-21,23-24H2,1-11H3/b14-13+,27-15-. The predicted molar refractivity (Wildman–Crippen MR) is 177 cm³/mol. The topological polar surface area (TPSA) is 83.5 Å². The van der Waals surface area contributed by atoms with Gasteiger partial charge in [-0.15, -0.1) is 0 Å². The summed E-state index contributed by atoms with van der Waals surface area (Å²) in [6.45, 7) is 22.5. The predicted octanol–water partition coefficient (Wildman–Crippen LogP) is 8.86. The summed E-state index contributed by atoms with van der Waals surface area (Å²) in [5, 5.41) is 11.6. The number of hydrogen-bond donors (Lipinski definition) is 1. The van der Waals surface area contributed by atoms with Gasteiger partial charge >= 0.3 is 5.97 Å². The third-order valence-corrected chi connectivity index (χ3v) is 6.83. The number of aliphatic hydroxyl groups excluding tert-OH is 1. The van der Waals surface area contributed by atoms with Crippen molar-refractivity contribution < 1.29 is 33.6 Å². The Morgan fingerprint density at radius 3 is 2.25 bits per heavy atom. The maximum atomic E-state index is 12.5. The van der Waals surface area contributed by atoms with Crippen LogP contribution < -0.4 is 9.47 Å². The number of ether oxygens (including phenoxy) is 5. The molecule has 0 aromatic heterocycles. The molecule has 0 bridgehead atoms. The van der Waals surface area contributed by atoms with Crippen LogP contribution in [0.25, 0.3) is 0 Å². The van der Waals surface area contributed by atoms with E-state index in [4.69, 9.17) is 23.7 Å². The first-order valence-electron chi connectivity index (χ1n) is 15.8. The molecule has 0 spiro atoms. The molecule has 44 heavy (non-hydrogen) atoms. The van der Waals surface area contributed by atoms with Gasteiger partial charge in [0.15, 0.2) is 18.1 Å². The van der Waals surface area contributed by atoms with Crippen LogP contribution in [0.2, 0.25) is 0 Å². The zero-order valence-corrected chi connectivity index (χ0v) is 28.9. The summed E-state index contributed by atoms with van der Waals surface area (Å²) < 4.78 is 28.6. The molecule has 0 fully saturated rings. The minimum absolute atomic E-state index is 0.0826. The van der Waals surface area contributed by atoms with Gasteiger partial charge in [0.25, 0.3) is 0 Å². The van der Waals surface area contributed by atoms with E-state index in [1.165, 1.54) is 0 Å². The summed E-state index contributed by atoms with van der Waals surface area (Å²) in [5.41, 5.74) is 2.02. The second kappa shape index (κ2) is 16.9. The van der Waals surface area contributed by atoms with Crippen LogP contribution in [0.3, 0.4) is 0 Å². The zero-order chi connectivity index (χ0) is 33.1. The van der Waals surface area contributed by atoms with Gasteiger partial charge in [-0.05, 0) is 88.6 Å². The van der Waals surface area contributed by atoms with Crippen molar-refractivity contribution in [2.45, 2.75) is 99.7 Å². The molecule has 0 heterocycles. The van der Waals surface area contributed by atoms with Crippen molar-refractivity contribution in [2.24, 2.45) is 17.8 Å². The Hall–Kier alpha value is -3.03. The third kappa shape index (κ3) is 12.5. The normalized spacial score (nSPS) is 17.7. The quantitative estimate of drug-likeness (QED) is 0.120. The maximum Gasteiger partial charge on any atom is 0.344 e. The maximum absolute atomic E-state index is 12.5. The highest BCUT2D eigenvalue weighted by molar-refractivity contribution is 5.71. The Kier molecular flexibility index (Phi) is 14.3. The fourth-order valence-corrected chi connectivity index (χ4v) is 4.87. The molecule has 246 valence electrons. The minimum Gasteiger partial charge on any atom is -0.511 e. The third-order valence-electron chi connectivity index (χ3n) is 6.83. The van der Waals surface area contributed by atoms with Gasteiger partial charge in [0, 0.05) is 11.8 Å². The van der Waals surface area contributed by atoms with Gasteiger partial charge in [0.2, 0.25) is 0 Å². The first-order valence-corrected chi connectivity index (χ1v) is 15.8. The van der Waals surface area contributed by atoms with Crippen LogP contribution in [-0.4, -0.2) is 48.9 Å². The molecule has 0 amide bonds. The molecule has 7 heteroatoms. The second-order valence-electron chi connectivity index (χ2n) is 13.9. The Labute approximate surface area is 266 Å². The lowest BCUT2D eigenvalue weighted by atomic mass is 9.76. The molecule has 0 aliphatic heterocycles. The Morgan fingerprint density at radius 1 is 0.955 bits per heavy atom. The van der Waals surface area contributed by atoms with Crippen molar-refractivity contribution in [3.63, 3.8) is 0 Å². The van der Waals surface area contributed by atoms with Crippen molar-refractivity contribution in [3.05, 3.63) is 71.0 Å². The molecule has 0 radical (unpaired) electrons. The number of allylic oxidation sites excluding steroid dienone is 7. The molecule has 2 atom stereocenters. The summed E-state index contributed by atoms with van der Waals surface area (Å²) in [7, 11) is 0. The molecular weight excluding hydrogens is 556 g/mol. The van der Waals surface area contributed by atoms with Crippen LogP contribution in [0.1, 0.15) is 94.1 Å². The molecular formula is C37H56O7. The molecule has 2 unspecified atom stereocenters. The highest BCUT2D eigenvalue weighted by Gasteiger charge is 2.30. The summed E-state index contributed by atoms with van der Waals surface area (Å²) in [5.74, 6) is 1.28. The van der Waals surface area contributed by atoms with Crippen LogP contribution in [0.15, 0.2) is 65.5 Å². The SMILES string of the molecule is CCC1C(O)=C(C(c2ccc(OCCOCOC(C)(C)C)c(OCC(=O)OC(C)(C)C)c2)C(C)C)C=C/C1=C/C=C/C(C)C. The van der Waals surface area contributed by atoms with Gasteiger partial charge < -0.3 is 28.8 Å². The van der Waals surface area contributed by atoms with E-state index in [9.17, 15) is 9.90 Å².